The fourth-order valence-electron chi connectivity index (χ4n) is 0.152. The van der Waals surface area contributed by atoms with Crippen molar-refractivity contribution in [3.63, 3.8) is 0 Å². The standard InChI is InChI=1S/C5H8O/c1-3-4-5-6-2/h1,4-5H,3H2,2H3/b5-4+. The highest BCUT2D eigenvalue weighted by molar-refractivity contribution is 4.72. The Bertz CT molecular complexity index is 33.2. The lowest BCUT2D eigenvalue weighted by Gasteiger charge is -1.79. The van der Waals surface area contributed by atoms with E-state index in [-0.39, 0.29) is 0 Å². The average Bonchev–Trinajstić information content (AvgIpc) is 1.61. The molecule has 0 heterocycles. The summed E-state index contributed by atoms with van der Waals surface area (Å²) in [5.74, 6) is 0. The van der Waals surface area contributed by atoms with E-state index >= 15 is 0 Å². The molecule has 0 spiro atoms. The molecule has 2 radical (unpaired) electrons. The van der Waals surface area contributed by atoms with Gasteiger partial charge in [0.05, 0.1) is 13.4 Å². The van der Waals surface area contributed by atoms with Gasteiger partial charge in [-0.1, -0.05) is 0 Å². The Labute approximate surface area is 38.6 Å². The predicted octanol–water partition coefficient (Wildman–Crippen LogP) is 1.25. The van der Waals surface area contributed by atoms with Gasteiger partial charge in [0, 0.05) is 0 Å². The van der Waals surface area contributed by atoms with E-state index in [4.69, 9.17) is 6.92 Å². The van der Waals surface area contributed by atoms with Crippen molar-refractivity contribution in [2.75, 3.05) is 7.11 Å². The highest BCUT2D eigenvalue weighted by Gasteiger charge is 1.59. The van der Waals surface area contributed by atoms with Crippen LogP contribution < -0.4 is 0 Å². The highest BCUT2D eigenvalue weighted by atomic mass is 16.5. The molecule has 0 aromatic carbocycles. The van der Waals surface area contributed by atoms with Crippen molar-refractivity contribution < 1.29 is 4.74 Å². The van der Waals surface area contributed by atoms with Crippen LogP contribution in [0.25, 0.3) is 0 Å². The second-order valence-corrected chi connectivity index (χ2v) is 0.843. The third-order valence-electron chi connectivity index (χ3n) is 0.368. The molecule has 0 unspecified atom stereocenters. The van der Waals surface area contributed by atoms with E-state index in [0.29, 0.717) is 6.42 Å². The molecule has 34 valence electrons. The Kier molecular flexibility index (Phi) is 4.19. The Hall–Kier alpha value is -0.460. The molecule has 0 fully saturated rings. The van der Waals surface area contributed by atoms with Crippen molar-refractivity contribution in [1.82, 2.24) is 0 Å². The summed E-state index contributed by atoms with van der Waals surface area (Å²) in [6.45, 7) is 5.05. The predicted molar refractivity (Wildman–Crippen MR) is 25.1 cm³/mol. The van der Waals surface area contributed by atoms with Crippen LogP contribution in [0.1, 0.15) is 6.42 Å². The lowest BCUT2D eigenvalue weighted by atomic mass is 10.5. The molecule has 0 aromatic heterocycles. The van der Waals surface area contributed by atoms with Gasteiger partial charge >= 0.3 is 0 Å². The first-order chi connectivity index (χ1) is 2.91. The first-order valence-corrected chi connectivity index (χ1v) is 1.79. The van der Waals surface area contributed by atoms with Crippen LogP contribution in [0.3, 0.4) is 0 Å². The van der Waals surface area contributed by atoms with E-state index in [1.54, 1.807) is 19.4 Å². The number of rotatable bonds is 2. The minimum Gasteiger partial charge on any atom is -0.505 e. The molecule has 0 N–H and O–H groups in total. The first-order valence-electron chi connectivity index (χ1n) is 1.79. The van der Waals surface area contributed by atoms with E-state index in [2.05, 4.69) is 4.74 Å². The molecule has 6 heavy (non-hydrogen) atoms. The quantitative estimate of drug-likeness (QED) is 0.457. The average molecular weight is 84.1 g/mol. The third kappa shape index (κ3) is 3.54. The van der Waals surface area contributed by atoms with Crippen molar-refractivity contribution in [2.45, 2.75) is 6.42 Å². The SMILES string of the molecule is [CH]C/C=C/OC. The summed E-state index contributed by atoms with van der Waals surface area (Å²) in [6, 6.07) is 0. The van der Waals surface area contributed by atoms with Gasteiger partial charge in [-0.2, -0.15) is 0 Å². The van der Waals surface area contributed by atoms with Crippen LogP contribution in [-0.2, 0) is 4.74 Å². The van der Waals surface area contributed by atoms with Gasteiger partial charge < -0.3 is 4.74 Å². The second kappa shape index (κ2) is 4.54. The van der Waals surface area contributed by atoms with E-state index in [0.717, 1.165) is 0 Å². The molecule has 0 saturated heterocycles. The van der Waals surface area contributed by atoms with Gasteiger partial charge in [-0.3, -0.25) is 0 Å². The van der Waals surface area contributed by atoms with Crippen LogP contribution in [0.4, 0.5) is 0 Å². The van der Waals surface area contributed by atoms with Crippen molar-refractivity contribution in [1.29, 1.82) is 0 Å². The van der Waals surface area contributed by atoms with Crippen molar-refractivity contribution >= 4 is 0 Å². The van der Waals surface area contributed by atoms with E-state index in [9.17, 15) is 0 Å². The van der Waals surface area contributed by atoms with Gasteiger partial charge in [0.1, 0.15) is 0 Å². The van der Waals surface area contributed by atoms with Crippen LogP contribution in [-0.4, -0.2) is 7.11 Å². The van der Waals surface area contributed by atoms with Crippen LogP contribution >= 0.6 is 0 Å². The third-order valence-corrected chi connectivity index (χ3v) is 0.368. The lowest BCUT2D eigenvalue weighted by molar-refractivity contribution is 0.337. The Morgan fingerprint density at radius 1 is 1.83 bits per heavy atom. The summed E-state index contributed by atoms with van der Waals surface area (Å²) in [4.78, 5) is 0. The normalized spacial score (nSPS) is 9.67. The molecule has 1 heteroatoms. The zero-order chi connectivity index (χ0) is 4.83. The number of hydrogen-bond acceptors (Lipinski definition) is 1. The zero-order valence-electron chi connectivity index (χ0n) is 3.85. The monoisotopic (exact) mass is 84.1 g/mol. The fraction of sp³-hybridized carbons (Fsp3) is 0.400. The molecular weight excluding hydrogens is 76.1 g/mol. The minimum atomic E-state index is 0.549. The molecule has 1 nitrogen and oxygen atoms in total. The maximum Gasteiger partial charge on any atom is 0.0784 e. The zero-order valence-corrected chi connectivity index (χ0v) is 3.85. The van der Waals surface area contributed by atoms with Gasteiger partial charge in [0.25, 0.3) is 0 Å². The maximum absolute atomic E-state index is 5.05. The Morgan fingerprint density at radius 3 is 2.67 bits per heavy atom. The topological polar surface area (TPSA) is 9.23 Å². The van der Waals surface area contributed by atoms with E-state index in [1.165, 1.54) is 0 Å². The molecule has 0 aromatic rings. The molecule has 0 rings (SSSR count). The molecule has 0 atom stereocenters. The van der Waals surface area contributed by atoms with E-state index in [1.807, 2.05) is 0 Å². The molecule has 0 aliphatic rings. The van der Waals surface area contributed by atoms with E-state index < -0.39 is 0 Å². The number of methoxy groups -OCH3 is 1. The van der Waals surface area contributed by atoms with Crippen LogP contribution in [0.2, 0.25) is 0 Å². The van der Waals surface area contributed by atoms with Gasteiger partial charge in [-0.05, 0) is 19.4 Å². The summed E-state index contributed by atoms with van der Waals surface area (Å²) < 4.78 is 4.52. The van der Waals surface area contributed by atoms with Gasteiger partial charge in [-0.15, -0.1) is 0 Å². The maximum atomic E-state index is 5.05. The molecular formula is C5H8O. The van der Waals surface area contributed by atoms with Crippen molar-refractivity contribution in [3.8, 4) is 0 Å². The summed E-state index contributed by atoms with van der Waals surface area (Å²) in [6.07, 6.45) is 3.84. The minimum absolute atomic E-state index is 0.549. The number of allylic oxidation sites excluding steroid dienone is 1. The summed E-state index contributed by atoms with van der Waals surface area (Å²) in [5, 5.41) is 0. The molecule has 0 bridgehead atoms. The van der Waals surface area contributed by atoms with Crippen LogP contribution in [0, 0.1) is 6.92 Å². The molecule has 0 amide bonds. The van der Waals surface area contributed by atoms with Gasteiger partial charge in [-0.25, -0.2) is 0 Å². The Balaban J connectivity index is 2.73. The van der Waals surface area contributed by atoms with Crippen LogP contribution in [0.5, 0.6) is 0 Å². The first kappa shape index (κ1) is 5.54. The summed E-state index contributed by atoms with van der Waals surface area (Å²) in [5.41, 5.74) is 0. The smallest absolute Gasteiger partial charge is 0.0784 e. The summed E-state index contributed by atoms with van der Waals surface area (Å²) >= 11 is 0. The molecule has 0 aliphatic carbocycles. The number of ether oxygens (including phenoxy) is 1. The highest BCUT2D eigenvalue weighted by Crippen LogP contribution is 1.75. The van der Waals surface area contributed by atoms with Crippen molar-refractivity contribution in [2.24, 2.45) is 0 Å². The van der Waals surface area contributed by atoms with Gasteiger partial charge in [0.15, 0.2) is 0 Å². The van der Waals surface area contributed by atoms with Gasteiger partial charge in [0.2, 0.25) is 0 Å². The largest absolute Gasteiger partial charge is 0.505 e. The molecule has 0 saturated carbocycles. The van der Waals surface area contributed by atoms with Crippen LogP contribution in [0.15, 0.2) is 12.3 Å². The lowest BCUT2D eigenvalue weighted by Crippen LogP contribution is -1.61. The second-order valence-electron chi connectivity index (χ2n) is 0.843. The fourth-order valence-corrected chi connectivity index (χ4v) is 0.152. The Morgan fingerprint density at radius 2 is 2.50 bits per heavy atom. The molecule has 0 aliphatic heterocycles. The van der Waals surface area contributed by atoms with Crippen molar-refractivity contribution in [3.05, 3.63) is 19.3 Å². The summed E-state index contributed by atoms with van der Waals surface area (Å²) in [7, 11) is 1.59. The number of hydrogen-bond donors (Lipinski definition) is 0.